The van der Waals surface area contributed by atoms with Gasteiger partial charge in [0.05, 0.1) is 25.4 Å². The topological polar surface area (TPSA) is 38.7 Å². The zero-order valence-electron chi connectivity index (χ0n) is 13.1. The smallest absolute Gasteiger partial charge is 0.0830 e. The van der Waals surface area contributed by atoms with Gasteiger partial charge in [0.25, 0.3) is 0 Å². The van der Waals surface area contributed by atoms with Crippen molar-refractivity contribution in [3.8, 4) is 0 Å². The van der Waals surface area contributed by atoms with Gasteiger partial charge in [0, 0.05) is 6.61 Å². The Balaban J connectivity index is 1.29. The summed E-state index contributed by atoms with van der Waals surface area (Å²) in [7, 11) is 0. The zero-order chi connectivity index (χ0) is 14.3. The van der Waals surface area contributed by atoms with E-state index in [1.54, 1.807) is 0 Å². The van der Waals surface area contributed by atoms with Crippen molar-refractivity contribution in [2.75, 3.05) is 19.8 Å². The predicted molar refractivity (Wildman–Crippen MR) is 81.0 cm³/mol. The number of hydrogen-bond donors (Lipinski definition) is 1. The molecule has 1 N–H and O–H groups in total. The highest BCUT2D eigenvalue weighted by Crippen LogP contribution is 2.61. The normalized spacial score (nSPS) is 46.7. The largest absolute Gasteiger partial charge is 0.390 e. The lowest BCUT2D eigenvalue weighted by atomic mass is 9.48. The first kappa shape index (κ1) is 14.5. The number of hydrogen-bond acceptors (Lipinski definition) is 3. The zero-order valence-corrected chi connectivity index (χ0v) is 13.1. The van der Waals surface area contributed by atoms with Crippen LogP contribution >= 0.6 is 0 Å². The molecule has 1 saturated heterocycles. The molecule has 1 aliphatic heterocycles. The third kappa shape index (κ3) is 2.89. The molecule has 0 spiro atoms. The van der Waals surface area contributed by atoms with E-state index in [9.17, 15) is 5.11 Å². The molecule has 0 radical (unpaired) electrons. The standard InChI is InChI=1S/C18H30O3/c19-17(12-20-11-16-3-1-2-4-21-16)18-8-13-5-14(9-18)7-15(6-13)10-18/h13-17,19H,1-12H2. The van der Waals surface area contributed by atoms with Crippen LogP contribution in [0.2, 0.25) is 0 Å². The molecule has 4 saturated carbocycles. The van der Waals surface area contributed by atoms with E-state index in [1.807, 2.05) is 0 Å². The van der Waals surface area contributed by atoms with Crippen molar-refractivity contribution < 1.29 is 14.6 Å². The van der Waals surface area contributed by atoms with Gasteiger partial charge in [0.15, 0.2) is 0 Å². The van der Waals surface area contributed by atoms with Crippen molar-refractivity contribution >= 4 is 0 Å². The van der Waals surface area contributed by atoms with E-state index in [2.05, 4.69) is 0 Å². The lowest BCUT2D eigenvalue weighted by Gasteiger charge is -2.58. The van der Waals surface area contributed by atoms with Crippen LogP contribution in [0.15, 0.2) is 0 Å². The Morgan fingerprint density at radius 2 is 1.71 bits per heavy atom. The van der Waals surface area contributed by atoms with Crippen LogP contribution < -0.4 is 0 Å². The Bertz CT molecular complexity index is 326. The predicted octanol–water partition coefficient (Wildman–Crippen LogP) is 3.15. The van der Waals surface area contributed by atoms with Crippen LogP contribution in [0.5, 0.6) is 0 Å². The fourth-order valence-electron chi connectivity index (χ4n) is 6.01. The molecule has 0 aromatic rings. The van der Waals surface area contributed by atoms with Gasteiger partial charge in [-0.1, -0.05) is 0 Å². The second kappa shape index (κ2) is 5.82. The molecule has 0 aromatic carbocycles. The number of rotatable bonds is 5. The fraction of sp³-hybridized carbons (Fsp3) is 1.00. The van der Waals surface area contributed by atoms with Crippen molar-refractivity contribution in [3.05, 3.63) is 0 Å². The van der Waals surface area contributed by atoms with E-state index in [0.29, 0.717) is 13.2 Å². The number of aliphatic hydroxyl groups excluding tert-OH is 1. The maximum atomic E-state index is 10.8. The molecule has 2 atom stereocenters. The molecule has 1 heterocycles. The molecule has 120 valence electrons. The molecular formula is C18H30O3. The molecule has 5 rings (SSSR count). The maximum Gasteiger partial charge on any atom is 0.0830 e. The molecule has 0 aromatic heterocycles. The molecule has 4 aliphatic carbocycles. The van der Waals surface area contributed by atoms with Crippen LogP contribution in [0.1, 0.15) is 57.8 Å². The number of ether oxygens (including phenoxy) is 2. The summed E-state index contributed by atoms with van der Waals surface area (Å²) in [5.74, 6) is 2.69. The van der Waals surface area contributed by atoms with E-state index in [1.165, 1.54) is 51.4 Å². The lowest BCUT2D eigenvalue weighted by Crippen LogP contribution is -2.53. The fourth-order valence-corrected chi connectivity index (χ4v) is 6.01. The quantitative estimate of drug-likeness (QED) is 0.846. The highest BCUT2D eigenvalue weighted by atomic mass is 16.5. The third-order valence-corrected chi connectivity index (χ3v) is 6.65. The summed E-state index contributed by atoms with van der Waals surface area (Å²) in [5, 5.41) is 10.8. The molecule has 3 heteroatoms. The minimum atomic E-state index is -0.255. The molecule has 5 aliphatic rings. The van der Waals surface area contributed by atoms with Gasteiger partial charge in [-0.3, -0.25) is 0 Å². The van der Waals surface area contributed by atoms with Gasteiger partial charge in [-0.15, -0.1) is 0 Å². The first-order chi connectivity index (χ1) is 10.2. The van der Waals surface area contributed by atoms with Gasteiger partial charge >= 0.3 is 0 Å². The Kier molecular flexibility index (Phi) is 4.01. The second-order valence-corrected chi connectivity index (χ2v) is 8.32. The average Bonchev–Trinajstić information content (AvgIpc) is 2.47. The highest BCUT2D eigenvalue weighted by molar-refractivity contribution is 5.04. The summed E-state index contributed by atoms with van der Waals surface area (Å²) < 4.78 is 11.6. The summed E-state index contributed by atoms with van der Waals surface area (Å²) >= 11 is 0. The second-order valence-electron chi connectivity index (χ2n) is 8.32. The van der Waals surface area contributed by atoms with Crippen LogP contribution in [0.4, 0.5) is 0 Å². The third-order valence-electron chi connectivity index (χ3n) is 6.65. The number of aliphatic hydroxyl groups is 1. The maximum absolute atomic E-state index is 10.8. The van der Waals surface area contributed by atoms with Crippen LogP contribution in [0.25, 0.3) is 0 Å². The molecule has 3 nitrogen and oxygen atoms in total. The Morgan fingerprint density at radius 3 is 2.29 bits per heavy atom. The van der Waals surface area contributed by atoms with Crippen LogP contribution in [0, 0.1) is 23.2 Å². The molecule has 2 unspecified atom stereocenters. The summed E-state index contributed by atoms with van der Waals surface area (Å²) in [5.41, 5.74) is 0.197. The monoisotopic (exact) mass is 294 g/mol. The summed E-state index contributed by atoms with van der Waals surface area (Å²) in [6.45, 7) is 2.07. The summed E-state index contributed by atoms with van der Waals surface area (Å²) in [6, 6.07) is 0. The van der Waals surface area contributed by atoms with E-state index >= 15 is 0 Å². The van der Waals surface area contributed by atoms with Crippen molar-refractivity contribution in [3.63, 3.8) is 0 Å². The minimum Gasteiger partial charge on any atom is -0.390 e. The van der Waals surface area contributed by atoms with Crippen molar-refractivity contribution in [2.45, 2.75) is 70.0 Å². The van der Waals surface area contributed by atoms with Gasteiger partial charge in [-0.2, -0.15) is 0 Å². The van der Waals surface area contributed by atoms with E-state index in [-0.39, 0.29) is 17.6 Å². The van der Waals surface area contributed by atoms with Crippen molar-refractivity contribution in [1.82, 2.24) is 0 Å². The lowest BCUT2D eigenvalue weighted by molar-refractivity contribution is -0.146. The van der Waals surface area contributed by atoms with Gasteiger partial charge in [-0.05, 0) is 81.0 Å². The van der Waals surface area contributed by atoms with E-state index in [4.69, 9.17) is 9.47 Å². The van der Waals surface area contributed by atoms with Crippen molar-refractivity contribution in [1.29, 1.82) is 0 Å². The van der Waals surface area contributed by atoms with E-state index in [0.717, 1.165) is 30.8 Å². The summed E-state index contributed by atoms with van der Waals surface area (Å²) in [6.07, 6.45) is 11.6. The molecular weight excluding hydrogens is 264 g/mol. The van der Waals surface area contributed by atoms with E-state index < -0.39 is 0 Å². The van der Waals surface area contributed by atoms with Gasteiger partial charge < -0.3 is 14.6 Å². The minimum absolute atomic E-state index is 0.197. The Hall–Kier alpha value is -0.120. The van der Waals surface area contributed by atoms with Crippen LogP contribution in [-0.4, -0.2) is 37.1 Å². The van der Waals surface area contributed by atoms with Crippen LogP contribution in [-0.2, 0) is 9.47 Å². The first-order valence-corrected chi connectivity index (χ1v) is 9.11. The Morgan fingerprint density at radius 1 is 1.05 bits per heavy atom. The average molecular weight is 294 g/mol. The Labute approximate surface area is 128 Å². The summed E-state index contributed by atoms with van der Waals surface area (Å²) in [4.78, 5) is 0. The molecule has 5 fully saturated rings. The van der Waals surface area contributed by atoms with Gasteiger partial charge in [0.2, 0.25) is 0 Å². The molecule has 0 amide bonds. The highest BCUT2D eigenvalue weighted by Gasteiger charge is 2.53. The van der Waals surface area contributed by atoms with Gasteiger partial charge in [0.1, 0.15) is 0 Å². The first-order valence-electron chi connectivity index (χ1n) is 9.11. The molecule has 21 heavy (non-hydrogen) atoms. The van der Waals surface area contributed by atoms with Crippen LogP contribution in [0.3, 0.4) is 0 Å². The SMILES string of the molecule is OC(COCC1CCCCO1)C12CC3CC(CC(C3)C1)C2. The van der Waals surface area contributed by atoms with Gasteiger partial charge in [-0.25, -0.2) is 0 Å². The van der Waals surface area contributed by atoms with Crippen molar-refractivity contribution in [2.24, 2.45) is 23.2 Å². The molecule has 4 bridgehead atoms.